The quantitative estimate of drug-likeness (QED) is 0.252. The van der Waals surface area contributed by atoms with Gasteiger partial charge in [-0.3, -0.25) is 5.01 Å². The van der Waals surface area contributed by atoms with Crippen LogP contribution in [-0.2, 0) is 11.2 Å². The topological polar surface area (TPSA) is 65.7 Å². The van der Waals surface area contributed by atoms with Gasteiger partial charge in [0.2, 0.25) is 0 Å². The number of rotatable bonds is 9. The predicted octanol–water partition coefficient (Wildman–Crippen LogP) is 7.68. The van der Waals surface area contributed by atoms with Crippen molar-refractivity contribution >= 4 is 29.0 Å². The number of nitriles is 1. The Hall–Kier alpha value is -2.84. The van der Waals surface area contributed by atoms with Crippen LogP contribution in [0.25, 0.3) is 0 Å². The molecule has 194 valence electrons. The van der Waals surface area contributed by atoms with Gasteiger partial charge in [0, 0.05) is 11.5 Å². The molecule has 0 radical (unpaired) electrons. The molecule has 3 aliphatic rings. The number of unbranched alkanes of at least 4 members (excludes halogenated alkanes) is 4. The van der Waals surface area contributed by atoms with Gasteiger partial charge in [0.05, 0.1) is 40.2 Å². The third-order valence-electron chi connectivity index (χ3n) is 8.30. The van der Waals surface area contributed by atoms with Crippen LogP contribution in [0.4, 0.5) is 5.69 Å². The fraction of sp³-hybridized carbons (Fsp3) is 0.516. The van der Waals surface area contributed by atoms with Crippen molar-refractivity contribution in [1.82, 2.24) is 0 Å². The van der Waals surface area contributed by atoms with Gasteiger partial charge in [-0.1, -0.05) is 63.1 Å². The van der Waals surface area contributed by atoms with Crippen LogP contribution in [0, 0.1) is 23.2 Å². The Balaban J connectivity index is 1.37. The molecular weight excluding hydrogens is 482 g/mol. The van der Waals surface area contributed by atoms with Crippen molar-refractivity contribution < 1.29 is 9.53 Å². The molecule has 0 amide bonds. The number of hydrogen-bond donors (Lipinski definition) is 0. The highest BCUT2D eigenvalue weighted by atomic mass is 35.5. The van der Waals surface area contributed by atoms with E-state index in [0.717, 1.165) is 42.6 Å². The van der Waals surface area contributed by atoms with Gasteiger partial charge in [0.1, 0.15) is 6.07 Å². The van der Waals surface area contributed by atoms with Gasteiger partial charge in [-0.2, -0.15) is 10.4 Å². The monoisotopic (exact) mass is 517 g/mol. The van der Waals surface area contributed by atoms with Crippen LogP contribution in [-0.4, -0.2) is 24.3 Å². The van der Waals surface area contributed by atoms with Gasteiger partial charge < -0.3 is 4.74 Å². The lowest BCUT2D eigenvalue weighted by Crippen LogP contribution is -2.40. The molecule has 0 bridgehead atoms. The van der Waals surface area contributed by atoms with Gasteiger partial charge in [0.15, 0.2) is 0 Å². The highest BCUT2D eigenvalue weighted by Crippen LogP contribution is 2.45. The molecule has 37 heavy (non-hydrogen) atoms. The minimum absolute atomic E-state index is 0.230. The molecule has 2 aromatic rings. The summed E-state index contributed by atoms with van der Waals surface area (Å²) < 4.78 is 5.56. The van der Waals surface area contributed by atoms with Crippen molar-refractivity contribution in [3.63, 3.8) is 0 Å². The van der Waals surface area contributed by atoms with Crippen LogP contribution < -0.4 is 5.01 Å². The summed E-state index contributed by atoms with van der Waals surface area (Å²) in [6.07, 6.45) is 12.6. The van der Waals surface area contributed by atoms with Crippen LogP contribution in [0.1, 0.15) is 98.2 Å². The number of aryl methyl sites for hydroxylation is 1. The van der Waals surface area contributed by atoms with Gasteiger partial charge in [0.25, 0.3) is 0 Å². The van der Waals surface area contributed by atoms with Gasteiger partial charge in [-0.25, -0.2) is 4.79 Å². The van der Waals surface area contributed by atoms with E-state index in [2.05, 4.69) is 24.1 Å². The normalized spacial score (nSPS) is 20.8. The summed E-state index contributed by atoms with van der Waals surface area (Å²) in [5.41, 5.74) is 5.51. The fourth-order valence-corrected chi connectivity index (χ4v) is 6.60. The molecule has 1 fully saturated rings. The molecular formula is C31H36ClN3O2. The average Bonchev–Trinajstić information content (AvgIpc) is 3.58. The highest BCUT2D eigenvalue weighted by Gasteiger charge is 2.45. The Labute approximate surface area is 225 Å². The molecule has 6 heteroatoms. The standard InChI is InChI=1S/C31H36ClN3O2/c1-2-3-4-5-8-17-37-31(36)23-13-15-26-22(18-23)12-16-27-29(26)34-35(30(27)21-9-6-7-10-21)25-14-11-24(20-33)28(32)19-25/h11,13-15,18-19,21,27,30H,2-10,12,16-17H2,1H3. The second-order valence-electron chi connectivity index (χ2n) is 10.7. The molecule has 0 aromatic heterocycles. The zero-order valence-corrected chi connectivity index (χ0v) is 22.5. The summed E-state index contributed by atoms with van der Waals surface area (Å²) in [6, 6.07) is 14.1. The maximum atomic E-state index is 12.7. The lowest BCUT2D eigenvalue weighted by atomic mass is 9.75. The minimum atomic E-state index is -0.230. The van der Waals surface area contributed by atoms with E-state index >= 15 is 0 Å². The number of carbonyl (C=O) groups is 1. The molecule has 0 spiro atoms. The van der Waals surface area contributed by atoms with Crippen LogP contribution in [0.2, 0.25) is 5.02 Å². The van der Waals surface area contributed by atoms with Gasteiger partial charge >= 0.3 is 5.97 Å². The number of nitrogens with zero attached hydrogens (tertiary/aromatic N) is 3. The smallest absolute Gasteiger partial charge is 0.338 e. The molecule has 0 N–H and O–H groups in total. The first-order chi connectivity index (χ1) is 18.1. The summed E-state index contributed by atoms with van der Waals surface area (Å²) >= 11 is 6.42. The highest BCUT2D eigenvalue weighted by molar-refractivity contribution is 6.32. The van der Waals surface area contributed by atoms with Gasteiger partial charge in [-0.05, 0) is 73.9 Å². The van der Waals surface area contributed by atoms with E-state index in [1.807, 2.05) is 24.3 Å². The van der Waals surface area contributed by atoms with E-state index in [9.17, 15) is 10.1 Å². The first kappa shape index (κ1) is 25.8. The molecule has 5 nitrogen and oxygen atoms in total. The number of carbonyl (C=O) groups excluding carboxylic acids is 1. The zero-order valence-electron chi connectivity index (χ0n) is 21.7. The van der Waals surface area contributed by atoms with Crippen molar-refractivity contribution in [1.29, 1.82) is 5.26 Å². The van der Waals surface area contributed by atoms with Crippen LogP contribution in [0.3, 0.4) is 0 Å². The Morgan fingerprint density at radius 2 is 1.92 bits per heavy atom. The van der Waals surface area contributed by atoms with Crippen molar-refractivity contribution in [2.45, 2.75) is 83.6 Å². The number of anilines is 1. The third-order valence-corrected chi connectivity index (χ3v) is 8.62. The molecule has 1 heterocycles. The summed E-state index contributed by atoms with van der Waals surface area (Å²) in [5.74, 6) is 0.714. The summed E-state index contributed by atoms with van der Waals surface area (Å²) in [5, 5.41) is 17.2. The van der Waals surface area contributed by atoms with E-state index in [4.69, 9.17) is 21.4 Å². The number of fused-ring (bicyclic) bond motifs is 3. The number of ether oxygens (including phenoxy) is 1. The number of hydrogen-bond acceptors (Lipinski definition) is 5. The largest absolute Gasteiger partial charge is 0.462 e. The minimum Gasteiger partial charge on any atom is -0.462 e. The lowest BCUT2D eigenvalue weighted by molar-refractivity contribution is 0.0497. The Kier molecular flexibility index (Phi) is 8.15. The lowest BCUT2D eigenvalue weighted by Gasteiger charge is -2.34. The molecule has 1 saturated carbocycles. The maximum Gasteiger partial charge on any atom is 0.338 e. The predicted molar refractivity (Wildman–Crippen MR) is 148 cm³/mol. The number of halogens is 1. The number of hydrazone groups is 1. The molecule has 1 aliphatic heterocycles. The average molecular weight is 518 g/mol. The first-order valence-electron chi connectivity index (χ1n) is 14.0. The molecule has 2 atom stereocenters. The SMILES string of the molecule is CCCCCCCOC(=O)c1ccc2c(c1)CCC1C2=NN(c2ccc(C#N)c(Cl)c2)C1C1CCCC1. The first-order valence-corrected chi connectivity index (χ1v) is 14.4. The number of benzene rings is 2. The van der Waals surface area contributed by atoms with E-state index < -0.39 is 0 Å². The van der Waals surface area contributed by atoms with E-state index in [0.29, 0.717) is 40.6 Å². The van der Waals surface area contributed by atoms with Crippen LogP contribution in [0.15, 0.2) is 41.5 Å². The Bertz CT molecular complexity index is 1210. The van der Waals surface area contributed by atoms with Gasteiger partial charge in [-0.15, -0.1) is 0 Å². The van der Waals surface area contributed by atoms with Crippen LogP contribution >= 0.6 is 11.6 Å². The van der Waals surface area contributed by atoms with Crippen molar-refractivity contribution in [2.24, 2.45) is 16.9 Å². The van der Waals surface area contributed by atoms with Crippen molar-refractivity contribution in [3.05, 3.63) is 63.7 Å². The summed E-state index contributed by atoms with van der Waals surface area (Å²) in [4.78, 5) is 12.7. The second kappa shape index (κ2) is 11.7. The molecule has 5 rings (SSSR count). The van der Waals surface area contributed by atoms with E-state index in [1.165, 1.54) is 50.5 Å². The Morgan fingerprint density at radius 3 is 2.68 bits per heavy atom. The molecule has 2 aromatic carbocycles. The van der Waals surface area contributed by atoms with Crippen molar-refractivity contribution in [2.75, 3.05) is 11.6 Å². The fourth-order valence-electron chi connectivity index (χ4n) is 6.39. The summed E-state index contributed by atoms with van der Waals surface area (Å²) in [6.45, 7) is 2.68. The second-order valence-corrected chi connectivity index (χ2v) is 11.1. The Morgan fingerprint density at radius 1 is 1.11 bits per heavy atom. The number of esters is 1. The van der Waals surface area contributed by atoms with E-state index in [1.54, 1.807) is 6.07 Å². The summed E-state index contributed by atoms with van der Waals surface area (Å²) in [7, 11) is 0. The van der Waals surface area contributed by atoms with Crippen molar-refractivity contribution in [3.8, 4) is 6.07 Å². The zero-order chi connectivity index (χ0) is 25.8. The third kappa shape index (κ3) is 5.41. The van der Waals surface area contributed by atoms with E-state index in [-0.39, 0.29) is 5.97 Å². The molecule has 2 aliphatic carbocycles. The maximum absolute atomic E-state index is 12.7. The van der Waals surface area contributed by atoms with Crippen LogP contribution in [0.5, 0.6) is 0 Å². The molecule has 0 saturated heterocycles. The molecule has 2 unspecified atom stereocenters.